The summed E-state index contributed by atoms with van der Waals surface area (Å²) in [4.78, 5) is 31.6. The number of hydrogen-bond acceptors (Lipinski definition) is 4. The van der Waals surface area contributed by atoms with Crippen LogP contribution in [0, 0.1) is 0 Å². The summed E-state index contributed by atoms with van der Waals surface area (Å²) in [6.45, 7) is 5.18. The molecule has 1 aliphatic heterocycles. The second-order valence-electron chi connectivity index (χ2n) is 6.19. The van der Waals surface area contributed by atoms with Crippen molar-refractivity contribution in [1.29, 1.82) is 0 Å². The summed E-state index contributed by atoms with van der Waals surface area (Å²) in [6.07, 6.45) is 1.58. The Labute approximate surface area is 150 Å². The fraction of sp³-hybridized carbons (Fsp3) is 0.278. The Bertz CT molecular complexity index is 840. The number of carbonyl (C=O) groups excluding carboxylic acids is 2. The average molecular weight is 360 g/mol. The number of nitrogens with one attached hydrogen (secondary N) is 1. The van der Waals surface area contributed by atoms with Gasteiger partial charge in [-0.3, -0.25) is 14.5 Å². The van der Waals surface area contributed by atoms with E-state index in [1.54, 1.807) is 42.6 Å². The van der Waals surface area contributed by atoms with Crippen molar-refractivity contribution in [3.63, 3.8) is 0 Å². The summed E-state index contributed by atoms with van der Waals surface area (Å²) in [5, 5.41) is 3.18. The number of carbonyl (C=O) groups is 2. The van der Waals surface area contributed by atoms with Crippen LogP contribution in [0.15, 0.2) is 42.6 Å². The highest BCUT2D eigenvalue weighted by atomic mass is 35.5. The fourth-order valence-corrected chi connectivity index (χ4v) is 2.86. The molecule has 6 nitrogen and oxygen atoms in total. The zero-order valence-corrected chi connectivity index (χ0v) is 14.9. The molecular weight excluding hydrogens is 342 g/mol. The summed E-state index contributed by atoms with van der Waals surface area (Å²) < 4.78 is 5.78. The molecular formula is C18H18ClN3O3. The highest BCUT2D eigenvalue weighted by molar-refractivity contribution is 6.31. The van der Waals surface area contributed by atoms with Gasteiger partial charge in [0.15, 0.2) is 11.6 Å². The van der Waals surface area contributed by atoms with E-state index in [1.807, 2.05) is 13.8 Å². The molecule has 0 unspecified atom stereocenters. The molecule has 0 radical (unpaired) electrons. The van der Waals surface area contributed by atoms with Crippen molar-refractivity contribution in [2.24, 2.45) is 0 Å². The Morgan fingerprint density at radius 3 is 2.76 bits per heavy atom. The van der Waals surface area contributed by atoms with Crippen LogP contribution in [-0.2, 0) is 9.59 Å². The van der Waals surface area contributed by atoms with Gasteiger partial charge >= 0.3 is 0 Å². The second kappa shape index (κ2) is 6.37. The lowest BCUT2D eigenvalue weighted by Crippen LogP contribution is -2.62. The molecule has 0 fully saturated rings. The van der Waals surface area contributed by atoms with Crippen molar-refractivity contribution in [3.8, 4) is 5.75 Å². The first-order valence-corrected chi connectivity index (χ1v) is 8.25. The number of hydrogen-bond donors (Lipinski definition) is 1. The molecule has 0 saturated heterocycles. The number of halogens is 1. The van der Waals surface area contributed by atoms with Gasteiger partial charge in [0.2, 0.25) is 0 Å². The van der Waals surface area contributed by atoms with E-state index in [-0.39, 0.29) is 6.04 Å². The first-order chi connectivity index (χ1) is 11.8. The van der Waals surface area contributed by atoms with Crippen LogP contribution in [0.1, 0.15) is 20.8 Å². The van der Waals surface area contributed by atoms with Crippen molar-refractivity contribution in [2.75, 3.05) is 10.2 Å². The predicted octanol–water partition coefficient (Wildman–Crippen LogP) is 3.27. The Balaban J connectivity index is 1.97. The maximum absolute atomic E-state index is 13.0. The lowest BCUT2D eigenvalue weighted by atomic mass is 9.99. The SMILES string of the molecule is CC(C)N1C(=O)[C@](C)(C(=O)Nc2cccc(Cl)c2)Oc2cccnc21. The molecule has 2 aromatic rings. The van der Waals surface area contributed by atoms with Gasteiger partial charge in [-0.15, -0.1) is 0 Å². The smallest absolute Gasteiger partial charge is 0.282 e. The third-order valence-corrected chi connectivity index (χ3v) is 4.19. The van der Waals surface area contributed by atoms with E-state index < -0.39 is 17.4 Å². The fourth-order valence-electron chi connectivity index (χ4n) is 2.67. The maximum atomic E-state index is 13.0. The highest BCUT2D eigenvalue weighted by Crippen LogP contribution is 2.37. The van der Waals surface area contributed by atoms with Gasteiger partial charge in [0.25, 0.3) is 17.4 Å². The Hall–Kier alpha value is -2.60. The number of rotatable bonds is 3. The lowest BCUT2D eigenvalue weighted by molar-refractivity contribution is -0.145. The first kappa shape index (κ1) is 17.2. The van der Waals surface area contributed by atoms with Crippen LogP contribution in [0.3, 0.4) is 0 Å². The van der Waals surface area contributed by atoms with Gasteiger partial charge in [-0.25, -0.2) is 4.98 Å². The van der Waals surface area contributed by atoms with Gasteiger partial charge in [-0.1, -0.05) is 17.7 Å². The minimum absolute atomic E-state index is 0.177. The molecule has 1 aromatic carbocycles. The Morgan fingerprint density at radius 1 is 1.32 bits per heavy atom. The van der Waals surface area contributed by atoms with Gasteiger partial charge in [0.05, 0.1) is 0 Å². The number of anilines is 2. The predicted molar refractivity (Wildman–Crippen MR) is 96.0 cm³/mol. The third kappa shape index (κ3) is 3.05. The van der Waals surface area contributed by atoms with Crippen molar-refractivity contribution >= 4 is 34.9 Å². The van der Waals surface area contributed by atoms with E-state index >= 15 is 0 Å². The molecule has 0 saturated carbocycles. The molecule has 1 atom stereocenters. The van der Waals surface area contributed by atoms with E-state index in [0.717, 1.165) is 0 Å². The average Bonchev–Trinajstić information content (AvgIpc) is 2.55. The van der Waals surface area contributed by atoms with Gasteiger partial charge in [-0.2, -0.15) is 0 Å². The van der Waals surface area contributed by atoms with E-state index in [1.165, 1.54) is 11.8 Å². The van der Waals surface area contributed by atoms with Crippen LogP contribution >= 0.6 is 11.6 Å². The van der Waals surface area contributed by atoms with Crippen LogP contribution in [-0.4, -0.2) is 28.4 Å². The number of fused-ring (bicyclic) bond motifs is 1. The summed E-state index contributed by atoms with van der Waals surface area (Å²) in [5.74, 6) is -0.233. The molecule has 130 valence electrons. The number of amides is 2. The van der Waals surface area contributed by atoms with Crippen LogP contribution in [0.2, 0.25) is 5.02 Å². The molecule has 0 bridgehead atoms. The summed E-state index contributed by atoms with van der Waals surface area (Å²) in [7, 11) is 0. The summed E-state index contributed by atoms with van der Waals surface area (Å²) in [6, 6.07) is 9.91. The second-order valence-corrected chi connectivity index (χ2v) is 6.63. The lowest BCUT2D eigenvalue weighted by Gasteiger charge is -2.40. The van der Waals surface area contributed by atoms with E-state index in [2.05, 4.69) is 10.3 Å². The van der Waals surface area contributed by atoms with Gasteiger partial charge in [0, 0.05) is 22.9 Å². The number of nitrogens with zero attached hydrogens (tertiary/aromatic N) is 2. The molecule has 3 rings (SSSR count). The van der Waals surface area contributed by atoms with Crippen LogP contribution in [0.4, 0.5) is 11.5 Å². The maximum Gasteiger partial charge on any atom is 0.282 e. The van der Waals surface area contributed by atoms with Gasteiger partial charge in [0.1, 0.15) is 0 Å². The van der Waals surface area contributed by atoms with E-state index in [4.69, 9.17) is 16.3 Å². The minimum Gasteiger partial charge on any atom is -0.464 e. The molecule has 2 amide bonds. The largest absolute Gasteiger partial charge is 0.464 e. The summed E-state index contributed by atoms with van der Waals surface area (Å²) in [5.41, 5.74) is -1.22. The van der Waals surface area contributed by atoms with Crippen molar-refractivity contribution in [2.45, 2.75) is 32.4 Å². The molecule has 1 aliphatic rings. The van der Waals surface area contributed by atoms with E-state index in [0.29, 0.717) is 22.3 Å². The molecule has 1 aromatic heterocycles. The van der Waals surface area contributed by atoms with Gasteiger partial charge in [-0.05, 0) is 51.1 Å². The quantitative estimate of drug-likeness (QED) is 0.854. The minimum atomic E-state index is -1.71. The number of benzene rings is 1. The molecule has 7 heteroatoms. The standard InChI is InChI=1S/C18H18ClN3O3/c1-11(2)22-15-14(8-5-9-20-15)25-18(3,17(22)24)16(23)21-13-7-4-6-12(19)10-13/h4-11H,1-3H3,(H,21,23)/t18-/m0/s1. The Morgan fingerprint density at radius 2 is 2.08 bits per heavy atom. The number of ether oxygens (including phenoxy) is 1. The van der Waals surface area contributed by atoms with Crippen LogP contribution in [0.5, 0.6) is 5.75 Å². The molecule has 2 heterocycles. The Kier molecular flexibility index (Phi) is 4.39. The van der Waals surface area contributed by atoms with E-state index in [9.17, 15) is 9.59 Å². The molecule has 25 heavy (non-hydrogen) atoms. The zero-order chi connectivity index (χ0) is 18.2. The number of aromatic nitrogens is 1. The summed E-state index contributed by atoms with van der Waals surface area (Å²) >= 11 is 5.94. The normalized spacial score (nSPS) is 19.4. The monoisotopic (exact) mass is 359 g/mol. The molecule has 0 spiro atoms. The topological polar surface area (TPSA) is 71.5 Å². The van der Waals surface area contributed by atoms with Crippen LogP contribution < -0.4 is 15.0 Å². The van der Waals surface area contributed by atoms with Crippen LogP contribution in [0.25, 0.3) is 0 Å². The number of pyridine rings is 1. The van der Waals surface area contributed by atoms with Gasteiger partial charge < -0.3 is 10.1 Å². The zero-order valence-electron chi connectivity index (χ0n) is 14.1. The van der Waals surface area contributed by atoms with Crippen molar-refractivity contribution < 1.29 is 14.3 Å². The molecule has 0 aliphatic carbocycles. The van der Waals surface area contributed by atoms with Crippen molar-refractivity contribution in [3.05, 3.63) is 47.6 Å². The highest BCUT2D eigenvalue weighted by Gasteiger charge is 2.51. The molecule has 1 N–H and O–H groups in total. The van der Waals surface area contributed by atoms with Crippen molar-refractivity contribution in [1.82, 2.24) is 4.98 Å². The first-order valence-electron chi connectivity index (χ1n) is 7.87. The third-order valence-electron chi connectivity index (χ3n) is 3.95.